The van der Waals surface area contributed by atoms with Crippen LogP contribution in [0.5, 0.6) is 0 Å². The Morgan fingerprint density at radius 1 is 1.19 bits per heavy atom. The molecule has 0 unspecified atom stereocenters. The quantitative estimate of drug-likeness (QED) is 0.556. The first-order chi connectivity index (χ1) is 7.70. The van der Waals surface area contributed by atoms with Crippen LogP contribution in [0.15, 0.2) is 49.1 Å². The highest BCUT2D eigenvalue weighted by Gasteiger charge is 2.01. The molecular weight excluding hydrogens is 196 g/mol. The molecule has 0 amide bonds. The zero-order valence-electron chi connectivity index (χ0n) is 9.36. The molecule has 2 rings (SSSR count). The fourth-order valence-electron chi connectivity index (χ4n) is 1.81. The van der Waals surface area contributed by atoms with Crippen LogP contribution in [0.2, 0.25) is 0 Å². The van der Waals surface area contributed by atoms with Gasteiger partial charge in [-0.2, -0.15) is 0 Å². The van der Waals surface area contributed by atoms with Crippen LogP contribution in [0, 0.1) is 0 Å². The van der Waals surface area contributed by atoms with Gasteiger partial charge in [0.2, 0.25) is 0 Å². The molecule has 2 aromatic carbocycles. The number of benzene rings is 2. The third kappa shape index (κ3) is 2.03. The van der Waals surface area contributed by atoms with Crippen molar-refractivity contribution >= 4 is 16.6 Å². The Morgan fingerprint density at radius 3 is 2.56 bits per heavy atom. The fourth-order valence-corrected chi connectivity index (χ4v) is 1.81. The van der Waals surface area contributed by atoms with Crippen LogP contribution in [-0.2, 0) is 6.42 Å². The summed E-state index contributed by atoms with van der Waals surface area (Å²) in [7, 11) is 0. The second-order valence-corrected chi connectivity index (χ2v) is 3.95. The maximum Gasteiger partial charge on any atom is 0.159 e. The monoisotopic (exact) mass is 210 g/mol. The largest absolute Gasteiger partial charge is 0.295 e. The summed E-state index contributed by atoms with van der Waals surface area (Å²) in [4.78, 5) is 11.2. The first-order valence-corrected chi connectivity index (χ1v) is 5.35. The van der Waals surface area contributed by atoms with E-state index in [0.717, 1.165) is 17.4 Å². The number of allylic oxidation sites excluding steroid dienone is 1. The topological polar surface area (TPSA) is 17.1 Å². The number of hydrogen-bond donors (Lipinski definition) is 0. The molecule has 0 atom stereocenters. The van der Waals surface area contributed by atoms with Crippen molar-refractivity contribution in [1.82, 2.24) is 0 Å². The van der Waals surface area contributed by atoms with Crippen molar-refractivity contribution in [3.8, 4) is 0 Å². The third-order valence-corrected chi connectivity index (χ3v) is 2.69. The summed E-state index contributed by atoms with van der Waals surface area (Å²) >= 11 is 0. The van der Waals surface area contributed by atoms with Crippen LogP contribution >= 0.6 is 0 Å². The standard InChI is InChI=1S/C15H14O/c1-3-4-12-5-6-15-10-13(11(2)16)7-8-14(15)9-12/h3,5-10H,1,4H2,2H3. The number of fused-ring (bicyclic) bond motifs is 1. The van der Waals surface area contributed by atoms with Gasteiger partial charge in [0.15, 0.2) is 5.78 Å². The zero-order chi connectivity index (χ0) is 11.5. The predicted octanol–water partition coefficient (Wildman–Crippen LogP) is 3.77. The Hall–Kier alpha value is -1.89. The van der Waals surface area contributed by atoms with E-state index in [4.69, 9.17) is 0 Å². The smallest absolute Gasteiger partial charge is 0.159 e. The lowest BCUT2D eigenvalue weighted by Crippen LogP contribution is -1.91. The summed E-state index contributed by atoms with van der Waals surface area (Å²) in [5.74, 6) is 0.108. The molecule has 16 heavy (non-hydrogen) atoms. The van der Waals surface area contributed by atoms with Crippen molar-refractivity contribution in [3.63, 3.8) is 0 Å². The van der Waals surface area contributed by atoms with Crippen molar-refractivity contribution in [2.75, 3.05) is 0 Å². The highest BCUT2D eigenvalue weighted by molar-refractivity contribution is 5.98. The summed E-state index contributed by atoms with van der Waals surface area (Å²) in [6, 6.07) is 12.1. The summed E-state index contributed by atoms with van der Waals surface area (Å²) in [6.45, 7) is 5.32. The number of hydrogen-bond acceptors (Lipinski definition) is 1. The van der Waals surface area contributed by atoms with Gasteiger partial charge in [-0.05, 0) is 35.7 Å². The average Bonchev–Trinajstić information content (AvgIpc) is 2.28. The number of rotatable bonds is 3. The summed E-state index contributed by atoms with van der Waals surface area (Å²) in [5, 5.41) is 2.28. The van der Waals surface area contributed by atoms with E-state index in [-0.39, 0.29) is 5.78 Å². The van der Waals surface area contributed by atoms with Gasteiger partial charge < -0.3 is 0 Å². The van der Waals surface area contributed by atoms with Crippen LogP contribution in [0.4, 0.5) is 0 Å². The van der Waals surface area contributed by atoms with Gasteiger partial charge >= 0.3 is 0 Å². The predicted molar refractivity (Wildman–Crippen MR) is 67.9 cm³/mol. The number of Topliss-reactive ketones (excluding diaryl/α,β-unsaturated/α-hetero) is 1. The van der Waals surface area contributed by atoms with Crippen LogP contribution < -0.4 is 0 Å². The van der Waals surface area contributed by atoms with Crippen molar-refractivity contribution < 1.29 is 4.79 Å². The minimum Gasteiger partial charge on any atom is -0.295 e. The van der Waals surface area contributed by atoms with E-state index < -0.39 is 0 Å². The van der Waals surface area contributed by atoms with E-state index in [9.17, 15) is 4.79 Å². The maximum atomic E-state index is 11.2. The number of carbonyl (C=O) groups is 1. The van der Waals surface area contributed by atoms with Gasteiger partial charge in [-0.25, -0.2) is 0 Å². The molecule has 0 saturated carbocycles. The van der Waals surface area contributed by atoms with Crippen LogP contribution in [0.25, 0.3) is 10.8 Å². The molecule has 0 N–H and O–H groups in total. The fraction of sp³-hybridized carbons (Fsp3) is 0.133. The molecule has 0 aliphatic carbocycles. The Bertz CT molecular complexity index is 552. The second kappa shape index (κ2) is 4.31. The molecule has 80 valence electrons. The normalized spacial score (nSPS) is 10.3. The van der Waals surface area contributed by atoms with Gasteiger partial charge in [-0.15, -0.1) is 6.58 Å². The third-order valence-electron chi connectivity index (χ3n) is 2.69. The highest BCUT2D eigenvalue weighted by Crippen LogP contribution is 2.18. The maximum absolute atomic E-state index is 11.2. The van der Waals surface area contributed by atoms with Gasteiger partial charge in [-0.1, -0.05) is 36.4 Å². The molecule has 0 aliphatic rings. The van der Waals surface area contributed by atoms with Gasteiger partial charge in [0.1, 0.15) is 0 Å². The lowest BCUT2D eigenvalue weighted by molar-refractivity contribution is 0.101. The van der Waals surface area contributed by atoms with E-state index in [1.165, 1.54) is 10.9 Å². The van der Waals surface area contributed by atoms with Crippen molar-refractivity contribution in [3.05, 3.63) is 60.2 Å². The molecule has 0 fully saturated rings. The van der Waals surface area contributed by atoms with Crippen LogP contribution in [0.1, 0.15) is 22.8 Å². The summed E-state index contributed by atoms with van der Waals surface area (Å²) in [5.41, 5.74) is 2.02. The lowest BCUT2D eigenvalue weighted by Gasteiger charge is -2.03. The number of ketones is 1. The molecule has 0 radical (unpaired) electrons. The molecule has 0 aliphatic heterocycles. The van der Waals surface area contributed by atoms with Crippen molar-refractivity contribution in [2.24, 2.45) is 0 Å². The average molecular weight is 210 g/mol. The summed E-state index contributed by atoms with van der Waals surface area (Å²) < 4.78 is 0. The Kier molecular flexibility index (Phi) is 2.86. The molecule has 0 bridgehead atoms. The van der Waals surface area contributed by atoms with Crippen molar-refractivity contribution in [2.45, 2.75) is 13.3 Å². The molecule has 1 nitrogen and oxygen atoms in total. The SMILES string of the molecule is C=CCc1ccc2cc(C(C)=O)ccc2c1. The molecule has 2 aromatic rings. The van der Waals surface area contributed by atoms with Gasteiger partial charge in [-0.3, -0.25) is 4.79 Å². The summed E-state index contributed by atoms with van der Waals surface area (Å²) in [6.07, 6.45) is 2.77. The van der Waals surface area contributed by atoms with Crippen molar-refractivity contribution in [1.29, 1.82) is 0 Å². The molecule has 0 aromatic heterocycles. The zero-order valence-corrected chi connectivity index (χ0v) is 9.36. The number of carbonyl (C=O) groups excluding carboxylic acids is 1. The van der Waals surface area contributed by atoms with Crippen LogP contribution in [0.3, 0.4) is 0 Å². The minimum absolute atomic E-state index is 0.108. The van der Waals surface area contributed by atoms with E-state index >= 15 is 0 Å². The molecule has 0 saturated heterocycles. The first-order valence-electron chi connectivity index (χ1n) is 5.35. The van der Waals surface area contributed by atoms with E-state index in [1.54, 1.807) is 6.92 Å². The first kappa shape index (κ1) is 10.6. The molecule has 1 heteroatoms. The second-order valence-electron chi connectivity index (χ2n) is 3.95. The molecule has 0 heterocycles. The lowest BCUT2D eigenvalue weighted by atomic mass is 10.0. The Labute approximate surface area is 95.4 Å². The highest BCUT2D eigenvalue weighted by atomic mass is 16.1. The van der Waals surface area contributed by atoms with E-state index in [2.05, 4.69) is 24.8 Å². The van der Waals surface area contributed by atoms with Gasteiger partial charge in [0.05, 0.1) is 0 Å². The minimum atomic E-state index is 0.108. The Morgan fingerprint density at radius 2 is 1.88 bits per heavy atom. The molecule has 0 spiro atoms. The molecular formula is C15H14O. The van der Waals surface area contributed by atoms with Gasteiger partial charge in [0, 0.05) is 5.56 Å². The van der Waals surface area contributed by atoms with E-state index in [1.807, 2.05) is 24.3 Å². The Balaban J connectivity index is 2.52. The van der Waals surface area contributed by atoms with Gasteiger partial charge in [0.25, 0.3) is 0 Å². The van der Waals surface area contributed by atoms with Crippen LogP contribution in [-0.4, -0.2) is 5.78 Å². The van der Waals surface area contributed by atoms with E-state index in [0.29, 0.717) is 0 Å².